The normalized spacial score (nSPS) is 11.7. The van der Waals surface area contributed by atoms with Crippen molar-refractivity contribution in [3.05, 3.63) is 110 Å². The summed E-state index contributed by atoms with van der Waals surface area (Å²) in [6, 6.07) is 32.3. The van der Waals surface area contributed by atoms with E-state index >= 15 is 0 Å². The molecule has 1 aliphatic carbocycles. The number of allylic oxidation sites excluding steroid dienone is 1. The average Bonchev–Trinajstić information content (AvgIpc) is 3.55. The number of benzene rings is 3. The molecule has 6 heteroatoms. The molecule has 4 nitrogen and oxygen atoms in total. The van der Waals surface area contributed by atoms with Crippen LogP contribution in [0.2, 0.25) is 0 Å². The Bertz CT molecular complexity index is 856. The number of hydrogen-bond donors (Lipinski definition) is 0. The van der Waals surface area contributed by atoms with Gasteiger partial charge in [0.15, 0.2) is 0 Å². The van der Waals surface area contributed by atoms with E-state index in [9.17, 15) is 4.79 Å². The molecule has 0 spiro atoms. The Labute approximate surface area is 234 Å². The Balaban J connectivity index is 0.000000607. The van der Waals surface area contributed by atoms with E-state index in [4.69, 9.17) is 14.1 Å². The van der Waals surface area contributed by atoms with Crippen LogP contribution in [0.25, 0.3) is 0 Å². The summed E-state index contributed by atoms with van der Waals surface area (Å²) in [4.78, 5) is 9.67. The van der Waals surface area contributed by atoms with Crippen molar-refractivity contribution in [3.63, 3.8) is 0 Å². The Morgan fingerprint density at radius 1 is 0.757 bits per heavy atom. The summed E-state index contributed by atoms with van der Waals surface area (Å²) in [7, 11) is 2.65. The van der Waals surface area contributed by atoms with Gasteiger partial charge in [-0.2, -0.15) is 6.08 Å². The molecule has 0 aromatic heterocycles. The minimum atomic E-state index is -0.446. The second kappa shape index (κ2) is 24.0. The summed E-state index contributed by atoms with van der Waals surface area (Å²) in [5.41, 5.74) is 0. The molecule has 0 amide bonds. The second-order valence-corrected chi connectivity index (χ2v) is 9.99. The van der Waals surface area contributed by atoms with Gasteiger partial charge in [0.25, 0.3) is 0 Å². The molecule has 0 heterocycles. The van der Waals surface area contributed by atoms with Gasteiger partial charge in [0, 0.05) is 14.2 Å². The van der Waals surface area contributed by atoms with Crippen LogP contribution < -0.4 is 15.9 Å². The van der Waals surface area contributed by atoms with Gasteiger partial charge in [-0.25, -0.2) is 6.08 Å². The van der Waals surface area contributed by atoms with Crippen molar-refractivity contribution in [1.29, 1.82) is 0 Å². The topological polar surface area (TPSA) is 55.4 Å². The molecule has 4 rings (SSSR count). The van der Waals surface area contributed by atoms with Crippen molar-refractivity contribution < 1.29 is 36.0 Å². The monoisotopic (exact) mass is 559 g/mol. The Morgan fingerprint density at radius 3 is 1.35 bits per heavy atom. The fourth-order valence-electron chi connectivity index (χ4n) is 3.58. The quantitative estimate of drug-likeness (QED) is 0.0848. The van der Waals surface area contributed by atoms with Gasteiger partial charge in [-0.1, -0.05) is 123 Å². The number of rotatable bonds is 8. The minimum Gasteiger partial charge on any atom is -0.0622 e. The summed E-state index contributed by atoms with van der Waals surface area (Å²) < 4.78 is 17.2. The molecule has 0 N–H and O–H groups in total. The first-order valence-electron chi connectivity index (χ1n) is 12.0. The molecule has 0 radical (unpaired) electrons. The fraction of sp³-hybridized carbons (Fsp3) is 0.290. The first kappa shape index (κ1) is 34.7. The zero-order valence-corrected chi connectivity index (χ0v) is 23.6. The van der Waals surface area contributed by atoms with Crippen molar-refractivity contribution in [2.45, 2.75) is 44.8 Å². The molecule has 0 unspecified atom stereocenters. The third-order valence-corrected chi connectivity index (χ3v) is 7.78. The van der Waals surface area contributed by atoms with Crippen molar-refractivity contribution >= 4 is 30.1 Å². The standard InChI is InChI=1S/C18H15P.C7H11O3.C5H10.CO.Fe/c1-4-10-16(11-5-1)19(17-12-6-2-7-13-17)18-14-8-3-9-15-18;1-9-7(10-2)5-3-4-6-8;1-2-4-5-3-1;1-2;/h1-15H;3-4,7H,5H2,1-2H3;1-5H2;;/q;-1;;;+2/b;4-3+;;;. The molecule has 1 fully saturated rings. The van der Waals surface area contributed by atoms with Gasteiger partial charge in [-0.05, 0) is 36.5 Å². The van der Waals surface area contributed by atoms with Crippen LogP contribution in [0.15, 0.2) is 103 Å². The average molecular weight is 559 g/mol. The molecule has 0 atom stereocenters. The summed E-state index contributed by atoms with van der Waals surface area (Å²) in [6.45, 7) is 4.50. The SMILES string of the molecule is C1CCCC1.COC(C/C=C/[C-]=O)OC.[C-]#[O+].[Fe+2].c1ccc(P(c2ccccc2)c2ccccc2)cc1. The van der Waals surface area contributed by atoms with Crippen LogP contribution in [0.5, 0.6) is 0 Å². The largest absolute Gasteiger partial charge is 2.00 e. The van der Waals surface area contributed by atoms with Crippen LogP contribution in [0.1, 0.15) is 38.5 Å². The Kier molecular flexibility index (Phi) is 22.5. The van der Waals surface area contributed by atoms with E-state index in [2.05, 4.69) is 97.6 Å². The van der Waals surface area contributed by atoms with Gasteiger partial charge >= 0.3 is 28.4 Å². The number of ether oxygens (including phenoxy) is 2. The van der Waals surface area contributed by atoms with Crippen LogP contribution in [-0.4, -0.2) is 26.8 Å². The van der Waals surface area contributed by atoms with E-state index in [1.54, 1.807) is 26.6 Å². The van der Waals surface area contributed by atoms with Gasteiger partial charge in [-0.3, -0.25) is 0 Å². The van der Waals surface area contributed by atoms with Gasteiger partial charge in [0.2, 0.25) is 0 Å². The van der Waals surface area contributed by atoms with Crippen molar-refractivity contribution in [2.75, 3.05) is 14.2 Å². The smallest absolute Gasteiger partial charge is 0.0622 e. The van der Waals surface area contributed by atoms with Gasteiger partial charge in [-0.15, -0.1) is 0 Å². The van der Waals surface area contributed by atoms with E-state index in [0.717, 1.165) is 0 Å². The number of carbonyl (C=O) groups excluding carboxylic acids is 1. The van der Waals surface area contributed by atoms with Crippen LogP contribution in [-0.2, 0) is 36.0 Å². The molecular weight excluding hydrogens is 523 g/mol. The molecule has 3 aromatic rings. The molecule has 3 aromatic carbocycles. The number of methoxy groups -OCH3 is 2. The van der Waals surface area contributed by atoms with E-state index in [0.29, 0.717) is 6.42 Å². The van der Waals surface area contributed by atoms with E-state index in [1.807, 2.05) is 0 Å². The van der Waals surface area contributed by atoms with E-state index in [-0.39, 0.29) is 23.4 Å². The molecule has 1 saturated carbocycles. The van der Waals surface area contributed by atoms with Gasteiger partial charge < -0.3 is 14.3 Å². The van der Waals surface area contributed by atoms with Gasteiger partial charge in [0.05, 0.1) is 0 Å². The molecule has 1 aliphatic rings. The third kappa shape index (κ3) is 14.9. The van der Waals surface area contributed by atoms with Crippen molar-refractivity contribution in [2.24, 2.45) is 0 Å². The summed E-state index contributed by atoms with van der Waals surface area (Å²) >= 11 is 0. The van der Waals surface area contributed by atoms with Gasteiger partial charge in [0.1, 0.15) is 6.29 Å². The predicted octanol–water partition coefficient (Wildman–Crippen LogP) is 6.02. The third-order valence-electron chi connectivity index (χ3n) is 5.33. The first-order valence-corrected chi connectivity index (χ1v) is 13.4. The summed E-state index contributed by atoms with van der Waals surface area (Å²) in [5.74, 6) is 0. The summed E-state index contributed by atoms with van der Waals surface area (Å²) in [5, 5.41) is 4.19. The molecule has 0 aliphatic heterocycles. The van der Waals surface area contributed by atoms with E-state index < -0.39 is 7.92 Å². The van der Waals surface area contributed by atoms with E-state index in [1.165, 1.54) is 54.1 Å². The fourth-order valence-corrected chi connectivity index (χ4v) is 5.88. The maximum atomic E-state index is 9.67. The first-order chi connectivity index (χ1) is 17.8. The maximum Gasteiger partial charge on any atom is 2.00 e. The molecule has 0 saturated heterocycles. The summed E-state index contributed by atoms with van der Waals surface area (Å²) in [6.07, 6.45) is 12.4. The molecule has 37 heavy (non-hydrogen) atoms. The van der Waals surface area contributed by atoms with Crippen molar-refractivity contribution in [1.82, 2.24) is 0 Å². The zero-order chi connectivity index (χ0) is 26.3. The Morgan fingerprint density at radius 2 is 1.08 bits per heavy atom. The van der Waals surface area contributed by atoms with Crippen LogP contribution >= 0.6 is 7.92 Å². The Hall–Kier alpha value is -2.32. The molecule has 196 valence electrons. The van der Waals surface area contributed by atoms with Crippen LogP contribution in [0.3, 0.4) is 0 Å². The predicted molar refractivity (Wildman–Crippen MR) is 149 cm³/mol. The minimum absolute atomic E-state index is 0. The maximum absolute atomic E-state index is 9.67. The second-order valence-electron chi connectivity index (χ2n) is 7.77. The van der Waals surface area contributed by atoms with Crippen molar-refractivity contribution in [3.8, 4) is 0 Å². The zero-order valence-electron chi connectivity index (χ0n) is 21.6. The molecular formula is C31H36FeO4P+. The van der Waals surface area contributed by atoms with Crippen LogP contribution in [0.4, 0.5) is 0 Å². The van der Waals surface area contributed by atoms with Crippen LogP contribution in [0, 0.1) is 6.65 Å². The number of hydrogen-bond acceptors (Lipinski definition) is 3. The molecule has 0 bridgehead atoms.